The Morgan fingerprint density at radius 3 is 2.14 bits per heavy atom. The van der Waals surface area contributed by atoms with E-state index in [9.17, 15) is 4.39 Å². The van der Waals surface area contributed by atoms with Gasteiger partial charge in [0.05, 0.1) is 5.92 Å². The van der Waals surface area contributed by atoms with Crippen LogP contribution in [0.3, 0.4) is 0 Å². The third-order valence-electron chi connectivity index (χ3n) is 3.91. The zero-order valence-corrected chi connectivity index (χ0v) is 11.6. The van der Waals surface area contributed by atoms with Crippen molar-refractivity contribution in [3.05, 3.63) is 58.2 Å². The molecule has 0 bridgehead atoms. The lowest BCUT2D eigenvalue weighted by atomic mass is 9.83. The summed E-state index contributed by atoms with van der Waals surface area (Å²) in [6, 6.07) is 6.77. The molecule has 6 heteroatoms. The molecule has 21 heavy (non-hydrogen) atoms. The number of hydrogen-bond acceptors (Lipinski definition) is 3. The second-order valence-electron chi connectivity index (χ2n) is 5.19. The van der Waals surface area contributed by atoms with E-state index in [1.165, 1.54) is 6.07 Å². The van der Waals surface area contributed by atoms with Gasteiger partial charge in [-0.05, 0) is 19.9 Å². The van der Waals surface area contributed by atoms with E-state index in [0.717, 1.165) is 22.5 Å². The fourth-order valence-electron chi connectivity index (χ4n) is 2.92. The van der Waals surface area contributed by atoms with Crippen LogP contribution in [0.2, 0.25) is 0 Å². The van der Waals surface area contributed by atoms with Crippen molar-refractivity contribution in [1.82, 2.24) is 20.4 Å². The maximum Gasteiger partial charge on any atom is 0.244 e. The summed E-state index contributed by atoms with van der Waals surface area (Å²) in [6.07, 6.45) is 0. The van der Waals surface area contributed by atoms with Crippen LogP contribution in [0.4, 0.5) is 4.39 Å². The van der Waals surface area contributed by atoms with Crippen molar-refractivity contribution in [3.8, 4) is 11.8 Å². The Kier molecular flexibility index (Phi) is 2.42. The van der Waals surface area contributed by atoms with Crippen molar-refractivity contribution < 1.29 is 9.13 Å². The number of aromatic amines is 2. The molecular formula is C15H13FN4O. The molecule has 4 rings (SSSR count). The fourth-order valence-corrected chi connectivity index (χ4v) is 2.92. The SMILES string of the molecule is Cc1[nH]nc2c1C(c1ccccc1F)c1c(n[nH]c1C)O2. The lowest BCUT2D eigenvalue weighted by Crippen LogP contribution is -2.13. The summed E-state index contributed by atoms with van der Waals surface area (Å²) < 4.78 is 20.0. The molecule has 0 unspecified atom stereocenters. The van der Waals surface area contributed by atoms with Gasteiger partial charge in [-0.1, -0.05) is 18.2 Å². The van der Waals surface area contributed by atoms with Gasteiger partial charge >= 0.3 is 0 Å². The van der Waals surface area contributed by atoms with E-state index in [1.54, 1.807) is 12.1 Å². The van der Waals surface area contributed by atoms with Gasteiger partial charge in [-0.25, -0.2) is 4.39 Å². The molecular weight excluding hydrogens is 271 g/mol. The number of H-pyrrole nitrogens is 2. The first-order chi connectivity index (χ1) is 10.2. The van der Waals surface area contributed by atoms with Crippen LogP contribution in [-0.2, 0) is 0 Å². The Hall–Kier alpha value is -2.63. The van der Waals surface area contributed by atoms with E-state index in [2.05, 4.69) is 20.4 Å². The van der Waals surface area contributed by atoms with E-state index < -0.39 is 0 Å². The molecule has 0 fully saturated rings. The van der Waals surface area contributed by atoms with Crippen LogP contribution in [-0.4, -0.2) is 20.4 Å². The van der Waals surface area contributed by atoms with Crippen LogP contribution >= 0.6 is 0 Å². The van der Waals surface area contributed by atoms with Crippen molar-refractivity contribution in [2.45, 2.75) is 19.8 Å². The molecule has 106 valence electrons. The van der Waals surface area contributed by atoms with Crippen LogP contribution in [0.15, 0.2) is 24.3 Å². The third kappa shape index (κ3) is 1.62. The monoisotopic (exact) mass is 284 g/mol. The molecule has 0 amide bonds. The summed E-state index contributed by atoms with van der Waals surface area (Å²) in [5.74, 6) is 0.393. The lowest BCUT2D eigenvalue weighted by Gasteiger charge is -2.23. The second-order valence-corrected chi connectivity index (χ2v) is 5.19. The van der Waals surface area contributed by atoms with Gasteiger partial charge in [0.15, 0.2) is 0 Å². The molecule has 1 aliphatic heterocycles. The first kappa shape index (κ1) is 12.1. The fraction of sp³-hybridized carbons (Fsp3) is 0.200. The zero-order chi connectivity index (χ0) is 14.6. The number of nitrogens with one attached hydrogen (secondary N) is 2. The molecule has 0 atom stereocenters. The highest BCUT2D eigenvalue weighted by molar-refractivity contribution is 5.57. The number of fused-ring (bicyclic) bond motifs is 2. The van der Waals surface area contributed by atoms with Gasteiger partial charge in [-0.2, -0.15) is 0 Å². The van der Waals surface area contributed by atoms with E-state index in [4.69, 9.17) is 4.74 Å². The van der Waals surface area contributed by atoms with Crippen LogP contribution in [0, 0.1) is 19.7 Å². The number of benzene rings is 1. The Labute approximate surface area is 120 Å². The largest absolute Gasteiger partial charge is 0.417 e. The minimum atomic E-state index is -0.276. The van der Waals surface area contributed by atoms with Gasteiger partial charge in [-0.15, -0.1) is 10.2 Å². The van der Waals surface area contributed by atoms with Crippen molar-refractivity contribution in [2.24, 2.45) is 0 Å². The van der Waals surface area contributed by atoms with Crippen molar-refractivity contribution >= 4 is 0 Å². The highest BCUT2D eigenvalue weighted by atomic mass is 19.1. The average Bonchev–Trinajstić information content (AvgIpc) is 3.03. The van der Waals surface area contributed by atoms with Crippen LogP contribution in [0.5, 0.6) is 11.8 Å². The van der Waals surface area contributed by atoms with Crippen molar-refractivity contribution in [2.75, 3.05) is 0 Å². The van der Waals surface area contributed by atoms with Gasteiger partial charge in [0.1, 0.15) is 5.82 Å². The first-order valence-corrected chi connectivity index (χ1v) is 6.69. The molecule has 1 aromatic carbocycles. The average molecular weight is 284 g/mol. The summed E-state index contributed by atoms with van der Waals surface area (Å²) in [5.41, 5.74) is 4.04. The predicted octanol–water partition coefficient (Wildman–Crippen LogP) is 3.17. The molecule has 0 radical (unpaired) electrons. The maximum absolute atomic E-state index is 14.3. The van der Waals surface area contributed by atoms with Crippen LogP contribution < -0.4 is 4.74 Å². The number of nitrogens with zero attached hydrogens (tertiary/aromatic N) is 2. The minimum absolute atomic E-state index is 0.248. The quantitative estimate of drug-likeness (QED) is 0.564. The molecule has 3 aromatic rings. The highest BCUT2D eigenvalue weighted by Crippen LogP contribution is 2.48. The predicted molar refractivity (Wildman–Crippen MR) is 74.1 cm³/mol. The van der Waals surface area contributed by atoms with E-state index in [1.807, 2.05) is 19.9 Å². The molecule has 0 spiro atoms. The molecule has 0 saturated carbocycles. The summed E-state index contributed by atoms with van der Waals surface area (Å²) >= 11 is 0. The lowest BCUT2D eigenvalue weighted by molar-refractivity contribution is 0.417. The third-order valence-corrected chi connectivity index (χ3v) is 3.91. The number of rotatable bonds is 1. The number of aryl methyl sites for hydroxylation is 2. The normalized spacial score (nSPS) is 13.7. The Balaban J connectivity index is 2.03. The van der Waals surface area contributed by atoms with Gasteiger partial charge in [0.25, 0.3) is 0 Å². The molecule has 0 aliphatic carbocycles. The molecule has 1 aliphatic rings. The van der Waals surface area contributed by atoms with Crippen molar-refractivity contribution in [3.63, 3.8) is 0 Å². The topological polar surface area (TPSA) is 66.6 Å². The van der Waals surface area contributed by atoms with Crippen LogP contribution in [0.1, 0.15) is 34.0 Å². The van der Waals surface area contributed by atoms with E-state index >= 15 is 0 Å². The number of ether oxygens (including phenoxy) is 1. The molecule has 2 N–H and O–H groups in total. The van der Waals surface area contributed by atoms with Gasteiger partial charge in [0.2, 0.25) is 11.8 Å². The highest BCUT2D eigenvalue weighted by Gasteiger charge is 2.36. The molecule has 0 saturated heterocycles. The summed E-state index contributed by atoms with van der Waals surface area (Å²) in [4.78, 5) is 0. The second kappa shape index (κ2) is 4.18. The van der Waals surface area contributed by atoms with Crippen LogP contribution in [0.25, 0.3) is 0 Å². The van der Waals surface area contributed by atoms with Gasteiger partial charge < -0.3 is 4.74 Å². The minimum Gasteiger partial charge on any atom is -0.417 e. The first-order valence-electron chi connectivity index (χ1n) is 6.69. The maximum atomic E-state index is 14.3. The molecule has 2 aromatic heterocycles. The summed E-state index contributed by atoms with van der Waals surface area (Å²) in [5, 5.41) is 14.1. The number of hydrogen-bond donors (Lipinski definition) is 2. The van der Waals surface area contributed by atoms with Crippen molar-refractivity contribution in [1.29, 1.82) is 0 Å². The Morgan fingerprint density at radius 2 is 1.57 bits per heavy atom. The smallest absolute Gasteiger partial charge is 0.244 e. The Morgan fingerprint density at radius 1 is 1.00 bits per heavy atom. The Bertz CT molecular complexity index is 790. The van der Waals surface area contributed by atoms with Gasteiger partial charge in [0, 0.05) is 28.1 Å². The van der Waals surface area contributed by atoms with E-state index in [-0.39, 0.29) is 11.7 Å². The molecule has 3 heterocycles. The summed E-state index contributed by atoms with van der Waals surface area (Å²) in [6.45, 7) is 3.81. The summed E-state index contributed by atoms with van der Waals surface area (Å²) in [7, 11) is 0. The molecule has 5 nitrogen and oxygen atoms in total. The van der Waals surface area contributed by atoms with Gasteiger partial charge in [-0.3, -0.25) is 10.2 Å². The van der Waals surface area contributed by atoms with E-state index in [0.29, 0.717) is 17.3 Å². The number of halogens is 1. The standard InChI is InChI=1S/C15H13FN4O/c1-7-11-13(9-5-3-4-6-10(9)16)12-8(2)18-20-15(12)21-14(11)19-17-7/h3-6,13H,1-2H3,(H,17,19)(H,18,20). The zero-order valence-electron chi connectivity index (χ0n) is 11.6. The number of aromatic nitrogens is 4.